The molecule has 114 valence electrons. The average molecular weight is 290 g/mol. The molecule has 0 radical (unpaired) electrons. The molecule has 1 saturated carbocycles. The summed E-state index contributed by atoms with van der Waals surface area (Å²) in [6, 6.07) is 8.17. The number of amides is 1. The number of nitrogens with one attached hydrogen (secondary N) is 2. The lowest BCUT2D eigenvalue weighted by Gasteiger charge is -2.23. The van der Waals surface area contributed by atoms with Crippen molar-refractivity contribution in [3.63, 3.8) is 0 Å². The summed E-state index contributed by atoms with van der Waals surface area (Å²) in [5.74, 6) is -1.07. The number of hydrogen-bond donors (Lipinski definition) is 3. The minimum atomic E-state index is -0.919. The number of carboxylic acids is 1. The normalized spacial score (nSPS) is 17.0. The summed E-state index contributed by atoms with van der Waals surface area (Å²) >= 11 is 0. The van der Waals surface area contributed by atoms with Crippen molar-refractivity contribution in [2.24, 2.45) is 0 Å². The Kier molecular flexibility index (Phi) is 5.33. The molecule has 0 spiro atoms. The van der Waals surface area contributed by atoms with E-state index in [4.69, 9.17) is 0 Å². The smallest absolute Gasteiger partial charge is 0.320 e. The number of benzene rings is 1. The first kappa shape index (κ1) is 15.5. The van der Waals surface area contributed by atoms with E-state index in [1.165, 1.54) is 0 Å². The van der Waals surface area contributed by atoms with E-state index in [0.717, 1.165) is 24.8 Å². The Balaban J connectivity index is 2.14. The van der Waals surface area contributed by atoms with E-state index in [2.05, 4.69) is 10.6 Å². The minimum Gasteiger partial charge on any atom is -0.480 e. The van der Waals surface area contributed by atoms with E-state index < -0.39 is 18.1 Å². The predicted molar refractivity (Wildman–Crippen MR) is 79.8 cm³/mol. The Morgan fingerprint density at radius 2 is 1.95 bits per heavy atom. The van der Waals surface area contributed by atoms with Gasteiger partial charge in [0.2, 0.25) is 5.91 Å². The Morgan fingerprint density at radius 3 is 2.48 bits per heavy atom. The van der Waals surface area contributed by atoms with Gasteiger partial charge in [-0.2, -0.15) is 0 Å². The van der Waals surface area contributed by atoms with E-state index in [1.807, 2.05) is 37.3 Å². The first-order valence-corrected chi connectivity index (χ1v) is 7.46. The van der Waals surface area contributed by atoms with Crippen LogP contribution in [0.25, 0.3) is 0 Å². The summed E-state index contributed by atoms with van der Waals surface area (Å²) in [6.07, 6.45) is 3.25. The lowest BCUT2D eigenvalue weighted by molar-refractivity contribution is -0.140. The van der Waals surface area contributed by atoms with Crippen LogP contribution >= 0.6 is 0 Å². The van der Waals surface area contributed by atoms with E-state index in [9.17, 15) is 14.7 Å². The molecular formula is C16H22N2O3. The van der Waals surface area contributed by atoms with Crippen LogP contribution in [0.4, 0.5) is 0 Å². The third-order valence-electron chi connectivity index (χ3n) is 3.56. The van der Waals surface area contributed by atoms with Gasteiger partial charge in [-0.05, 0) is 24.8 Å². The fourth-order valence-corrected chi connectivity index (χ4v) is 2.25. The maximum atomic E-state index is 12.4. The molecule has 2 atom stereocenters. The highest BCUT2D eigenvalue weighted by molar-refractivity contribution is 5.84. The number of carbonyl (C=O) groups excluding carboxylic acids is 1. The SMILES string of the molecule is CCCC(NC(C(=O)NC1CC1)c1ccccc1)C(=O)O. The highest BCUT2D eigenvalue weighted by Crippen LogP contribution is 2.21. The van der Waals surface area contributed by atoms with Crippen LogP contribution in [0.15, 0.2) is 30.3 Å². The van der Waals surface area contributed by atoms with E-state index in [-0.39, 0.29) is 11.9 Å². The number of hydrogen-bond acceptors (Lipinski definition) is 3. The molecule has 1 aromatic carbocycles. The van der Waals surface area contributed by atoms with Gasteiger partial charge in [0.05, 0.1) is 0 Å². The third-order valence-corrected chi connectivity index (χ3v) is 3.56. The maximum absolute atomic E-state index is 12.4. The van der Waals surface area contributed by atoms with Crippen LogP contribution in [-0.4, -0.2) is 29.1 Å². The monoisotopic (exact) mass is 290 g/mol. The lowest BCUT2D eigenvalue weighted by atomic mass is 10.0. The summed E-state index contributed by atoms with van der Waals surface area (Å²) in [5, 5.41) is 15.2. The standard InChI is InChI=1S/C16H22N2O3/c1-2-6-13(16(20)21)18-14(11-7-4-3-5-8-11)15(19)17-12-9-10-12/h3-5,7-8,12-14,18H,2,6,9-10H2,1H3,(H,17,19)(H,20,21). The average Bonchev–Trinajstić information content (AvgIpc) is 3.27. The largest absolute Gasteiger partial charge is 0.480 e. The van der Waals surface area contributed by atoms with Crippen LogP contribution in [0.2, 0.25) is 0 Å². The van der Waals surface area contributed by atoms with Gasteiger partial charge in [0.15, 0.2) is 0 Å². The Hall–Kier alpha value is -1.88. The highest BCUT2D eigenvalue weighted by Gasteiger charge is 2.31. The third kappa shape index (κ3) is 4.56. The van der Waals surface area contributed by atoms with Gasteiger partial charge in [-0.3, -0.25) is 14.9 Å². The van der Waals surface area contributed by atoms with Crippen molar-refractivity contribution in [1.82, 2.24) is 10.6 Å². The van der Waals surface area contributed by atoms with Crippen molar-refractivity contribution in [2.75, 3.05) is 0 Å². The van der Waals surface area contributed by atoms with Crippen molar-refractivity contribution in [3.05, 3.63) is 35.9 Å². The Morgan fingerprint density at radius 1 is 1.29 bits per heavy atom. The van der Waals surface area contributed by atoms with Gasteiger partial charge in [0.25, 0.3) is 0 Å². The molecular weight excluding hydrogens is 268 g/mol. The molecule has 21 heavy (non-hydrogen) atoms. The van der Waals surface area contributed by atoms with Crippen LogP contribution in [0, 0.1) is 0 Å². The predicted octanol–water partition coefficient (Wildman–Crippen LogP) is 1.85. The van der Waals surface area contributed by atoms with Crippen molar-refractivity contribution >= 4 is 11.9 Å². The van der Waals surface area contributed by atoms with Crippen molar-refractivity contribution in [1.29, 1.82) is 0 Å². The topological polar surface area (TPSA) is 78.4 Å². The molecule has 0 aliphatic heterocycles. The van der Waals surface area contributed by atoms with Gasteiger partial charge in [0, 0.05) is 6.04 Å². The molecule has 2 rings (SSSR count). The molecule has 3 N–H and O–H groups in total. The van der Waals surface area contributed by atoms with Gasteiger partial charge in [-0.1, -0.05) is 43.7 Å². The lowest BCUT2D eigenvalue weighted by Crippen LogP contribution is -2.46. The van der Waals surface area contributed by atoms with Crippen LogP contribution in [0.3, 0.4) is 0 Å². The van der Waals surface area contributed by atoms with Gasteiger partial charge < -0.3 is 10.4 Å². The van der Waals surface area contributed by atoms with Gasteiger partial charge in [0.1, 0.15) is 12.1 Å². The number of rotatable bonds is 8. The summed E-state index contributed by atoms with van der Waals surface area (Å²) in [5.41, 5.74) is 0.790. The Labute approximate surface area is 124 Å². The zero-order valence-corrected chi connectivity index (χ0v) is 12.2. The van der Waals surface area contributed by atoms with Crippen molar-refractivity contribution < 1.29 is 14.7 Å². The molecule has 0 bridgehead atoms. The fourth-order valence-electron chi connectivity index (χ4n) is 2.25. The molecule has 2 unspecified atom stereocenters. The van der Waals surface area contributed by atoms with Crippen LogP contribution in [-0.2, 0) is 9.59 Å². The molecule has 1 fully saturated rings. The van der Waals surface area contributed by atoms with Crippen LogP contribution in [0.5, 0.6) is 0 Å². The number of aliphatic carboxylic acids is 1. The van der Waals surface area contributed by atoms with Crippen molar-refractivity contribution in [2.45, 2.75) is 50.7 Å². The summed E-state index contributed by atoms with van der Waals surface area (Å²) in [6.45, 7) is 1.93. The molecule has 1 aliphatic carbocycles. The maximum Gasteiger partial charge on any atom is 0.320 e. The second kappa shape index (κ2) is 7.22. The van der Waals surface area contributed by atoms with Crippen LogP contribution in [0.1, 0.15) is 44.2 Å². The Bertz CT molecular complexity index is 486. The van der Waals surface area contributed by atoms with Crippen molar-refractivity contribution in [3.8, 4) is 0 Å². The van der Waals surface area contributed by atoms with Gasteiger partial charge in [-0.25, -0.2) is 0 Å². The minimum absolute atomic E-state index is 0.147. The fraction of sp³-hybridized carbons (Fsp3) is 0.500. The van der Waals surface area contributed by atoms with E-state index in [0.29, 0.717) is 6.42 Å². The van der Waals surface area contributed by atoms with Gasteiger partial charge >= 0.3 is 5.97 Å². The second-order valence-electron chi connectivity index (χ2n) is 5.47. The number of carboxylic acid groups (broad SMARTS) is 1. The number of carbonyl (C=O) groups is 2. The summed E-state index contributed by atoms with van der Waals surface area (Å²) in [4.78, 5) is 23.7. The molecule has 5 nitrogen and oxygen atoms in total. The summed E-state index contributed by atoms with van der Waals surface area (Å²) < 4.78 is 0. The molecule has 5 heteroatoms. The molecule has 1 aliphatic rings. The molecule has 1 amide bonds. The highest BCUT2D eigenvalue weighted by atomic mass is 16.4. The molecule has 1 aromatic rings. The van der Waals surface area contributed by atoms with Gasteiger partial charge in [-0.15, -0.1) is 0 Å². The first-order chi connectivity index (χ1) is 10.1. The molecule has 0 saturated heterocycles. The van der Waals surface area contributed by atoms with Crippen LogP contribution < -0.4 is 10.6 Å². The molecule has 0 heterocycles. The van der Waals surface area contributed by atoms with E-state index >= 15 is 0 Å². The first-order valence-electron chi connectivity index (χ1n) is 7.46. The molecule has 0 aromatic heterocycles. The zero-order chi connectivity index (χ0) is 15.2. The summed E-state index contributed by atoms with van der Waals surface area (Å²) in [7, 11) is 0. The second-order valence-corrected chi connectivity index (χ2v) is 5.47. The van der Waals surface area contributed by atoms with E-state index in [1.54, 1.807) is 0 Å². The zero-order valence-electron chi connectivity index (χ0n) is 12.2. The quantitative estimate of drug-likeness (QED) is 0.683.